The number of aryl methyl sites for hydroxylation is 1. The van der Waals surface area contributed by atoms with Gasteiger partial charge in [0.15, 0.2) is 11.5 Å². The van der Waals surface area contributed by atoms with Crippen molar-refractivity contribution in [2.24, 2.45) is 0 Å². The molecule has 0 spiro atoms. The molecule has 3 rings (SSSR count). The van der Waals surface area contributed by atoms with Crippen molar-refractivity contribution in [2.45, 2.75) is 25.8 Å². The fourth-order valence-electron chi connectivity index (χ4n) is 2.54. The van der Waals surface area contributed by atoms with Gasteiger partial charge < -0.3 is 5.32 Å². The van der Waals surface area contributed by atoms with Gasteiger partial charge >= 0.3 is 0 Å². The van der Waals surface area contributed by atoms with Gasteiger partial charge in [0.2, 0.25) is 5.91 Å². The Balaban J connectivity index is 1.59. The van der Waals surface area contributed by atoms with Gasteiger partial charge in [-0.2, -0.15) is 5.26 Å². The zero-order valence-electron chi connectivity index (χ0n) is 13.3. The Hall–Kier alpha value is -3.20. The molecule has 6 nitrogen and oxygen atoms in total. The summed E-state index contributed by atoms with van der Waals surface area (Å²) >= 11 is 0. The second-order valence-corrected chi connectivity index (χ2v) is 5.58. The molecule has 1 unspecified atom stereocenters. The molecule has 1 atom stereocenters. The fraction of sp³-hybridized carbons (Fsp3) is 0.222. The van der Waals surface area contributed by atoms with Crippen LogP contribution in [0.3, 0.4) is 0 Å². The molecular weight excluding hydrogens is 302 g/mol. The summed E-state index contributed by atoms with van der Waals surface area (Å²) in [6.45, 7) is 1.89. The molecule has 6 heteroatoms. The van der Waals surface area contributed by atoms with Crippen molar-refractivity contribution < 1.29 is 4.79 Å². The van der Waals surface area contributed by atoms with Crippen LogP contribution in [-0.2, 0) is 11.2 Å². The van der Waals surface area contributed by atoms with E-state index < -0.39 is 0 Å². The van der Waals surface area contributed by atoms with E-state index in [2.05, 4.69) is 21.6 Å². The van der Waals surface area contributed by atoms with Crippen LogP contribution in [0.5, 0.6) is 0 Å². The maximum atomic E-state index is 12.2. The summed E-state index contributed by atoms with van der Waals surface area (Å²) in [5.74, 6) is 0.664. The van der Waals surface area contributed by atoms with Gasteiger partial charge in [-0.1, -0.05) is 18.2 Å². The molecule has 0 aliphatic rings. The quantitative estimate of drug-likeness (QED) is 0.783. The number of amides is 1. The maximum Gasteiger partial charge on any atom is 0.220 e. The number of carbonyl (C=O) groups excluding carboxylic acids is 1. The Bertz CT molecular complexity index is 892. The summed E-state index contributed by atoms with van der Waals surface area (Å²) < 4.78 is 1.87. The first-order valence-corrected chi connectivity index (χ1v) is 7.75. The van der Waals surface area contributed by atoms with E-state index in [0.29, 0.717) is 24.2 Å². The molecule has 0 aliphatic heterocycles. The van der Waals surface area contributed by atoms with E-state index in [1.807, 2.05) is 47.9 Å². The molecule has 24 heavy (non-hydrogen) atoms. The minimum Gasteiger partial charge on any atom is -0.346 e. The van der Waals surface area contributed by atoms with Gasteiger partial charge in [0, 0.05) is 12.6 Å². The van der Waals surface area contributed by atoms with E-state index in [1.165, 1.54) is 0 Å². The van der Waals surface area contributed by atoms with E-state index in [9.17, 15) is 4.79 Å². The van der Waals surface area contributed by atoms with Crippen LogP contribution in [0.1, 0.15) is 36.3 Å². The highest BCUT2D eigenvalue weighted by Gasteiger charge is 2.15. The van der Waals surface area contributed by atoms with Gasteiger partial charge in [-0.3, -0.25) is 9.20 Å². The average molecular weight is 319 g/mol. The summed E-state index contributed by atoms with van der Waals surface area (Å²) in [6.07, 6.45) is 2.89. The molecule has 2 heterocycles. The lowest BCUT2D eigenvalue weighted by Crippen LogP contribution is -2.28. The first-order chi connectivity index (χ1) is 11.7. The highest BCUT2D eigenvalue weighted by Crippen LogP contribution is 2.12. The normalized spacial score (nSPS) is 11.8. The predicted molar refractivity (Wildman–Crippen MR) is 89.0 cm³/mol. The smallest absolute Gasteiger partial charge is 0.220 e. The van der Waals surface area contributed by atoms with Crippen molar-refractivity contribution >= 4 is 11.6 Å². The molecule has 0 radical (unpaired) electrons. The van der Waals surface area contributed by atoms with E-state index in [-0.39, 0.29) is 11.9 Å². The minimum absolute atomic E-state index is 0.0421. The van der Waals surface area contributed by atoms with Crippen molar-refractivity contribution in [1.82, 2.24) is 19.9 Å². The SMILES string of the molecule is CC(NC(=O)CCc1ccc(C#N)cc1)c1nnc2ccccn12. The Morgan fingerprint density at radius 3 is 2.79 bits per heavy atom. The number of benzene rings is 1. The summed E-state index contributed by atoms with van der Waals surface area (Å²) in [6, 6.07) is 14.8. The van der Waals surface area contributed by atoms with Gasteiger partial charge in [-0.15, -0.1) is 10.2 Å². The molecule has 2 aromatic heterocycles. The lowest BCUT2D eigenvalue weighted by Gasteiger charge is -2.12. The van der Waals surface area contributed by atoms with Crippen LogP contribution < -0.4 is 5.32 Å². The second kappa shape index (κ2) is 6.92. The van der Waals surface area contributed by atoms with Crippen molar-refractivity contribution in [3.05, 3.63) is 65.6 Å². The third-order valence-electron chi connectivity index (χ3n) is 3.83. The lowest BCUT2D eigenvalue weighted by atomic mass is 10.1. The van der Waals surface area contributed by atoms with Crippen LogP contribution in [0.2, 0.25) is 0 Å². The first-order valence-electron chi connectivity index (χ1n) is 7.75. The predicted octanol–water partition coefficient (Wildman–Crippen LogP) is 2.41. The summed E-state index contributed by atoms with van der Waals surface area (Å²) in [5.41, 5.74) is 2.41. The van der Waals surface area contributed by atoms with Crippen LogP contribution in [0.25, 0.3) is 5.65 Å². The number of nitrogens with zero attached hydrogens (tertiary/aromatic N) is 4. The first kappa shape index (κ1) is 15.7. The lowest BCUT2D eigenvalue weighted by molar-refractivity contribution is -0.121. The number of aromatic nitrogens is 3. The number of hydrogen-bond acceptors (Lipinski definition) is 4. The standard InChI is InChI=1S/C18H17N5O/c1-13(18-22-21-16-4-2-3-11-23(16)18)20-17(24)10-9-14-5-7-15(12-19)8-6-14/h2-8,11,13H,9-10H2,1H3,(H,20,24). The number of nitriles is 1. The molecule has 120 valence electrons. The average Bonchev–Trinajstić information content (AvgIpc) is 3.04. The zero-order valence-corrected chi connectivity index (χ0v) is 13.3. The fourth-order valence-corrected chi connectivity index (χ4v) is 2.54. The molecule has 0 bridgehead atoms. The van der Waals surface area contributed by atoms with Gasteiger partial charge in [0.1, 0.15) is 0 Å². The van der Waals surface area contributed by atoms with E-state index in [0.717, 1.165) is 11.2 Å². The molecule has 1 amide bonds. The number of hydrogen-bond donors (Lipinski definition) is 1. The molecule has 1 aromatic carbocycles. The molecule has 0 saturated heterocycles. The number of carbonyl (C=O) groups is 1. The van der Waals surface area contributed by atoms with E-state index >= 15 is 0 Å². The third-order valence-corrected chi connectivity index (χ3v) is 3.83. The van der Waals surface area contributed by atoms with Gasteiger partial charge in [-0.25, -0.2) is 0 Å². The van der Waals surface area contributed by atoms with E-state index in [4.69, 9.17) is 5.26 Å². The molecule has 3 aromatic rings. The number of rotatable bonds is 5. The number of nitrogens with one attached hydrogen (secondary N) is 1. The topological polar surface area (TPSA) is 83.1 Å². The van der Waals surface area contributed by atoms with Crippen LogP contribution in [0.4, 0.5) is 0 Å². The van der Waals surface area contributed by atoms with Crippen molar-refractivity contribution in [3.63, 3.8) is 0 Å². The molecule has 0 saturated carbocycles. The summed E-state index contributed by atoms with van der Waals surface area (Å²) in [7, 11) is 0. The van der Waals surface area contributed by atoms with Crippen molar-refractivity contribution in [3.8, 4) is 6.07 Å². The number of pyridine rings is 1. The van der Waals surface area contributed by atoms with Crippen LogP contribution >= 0.6 is 0 Å². The van der Waals surface area contributed by atoms with E-state index in [1.54, 1.807) is 12.1 Å². The maximum absolute atomic E-state index is 12.2. The Kier molecular flexibility index (Phi) is 4.52. The molecular formula is C18H17N5O. The van der Waals surface area contributed by atoms with Crippen molar-refractivity contribution in [1.29, 1.82) is 5.26 Å². The van der Waals surface area contributed by atoms with Gasteiger partial charge in [-0.05, 0) is 43.2 Å². The molecule has 0 aliphatic carbocycles. The highest BCUT2D eigenvalue weighted by atomic mass is 16.1. The Labute approximate surface area is 139 Å². The summed E-state index contributed by atoms with van der Waals surface area (Å²) in [4.78, 5) is 12.2. The monoisotopic (exact) mass is 319 g/mol. The van der Waals surface area contributed by atoms with Crippen LogP contribution in [0, 0.1) is 11.3 Å². The zero-order chi connectivity index (χ0) is 16.9. The van der Waals surface area contributed by atoms with Gasteiger partial charge in [0.05, 0.1) is 17.7 Å². The highest BCUT2D eigenvalue weighted by molar-refractivity contribution is 5.76. The summed E-state index contributed by atoms with van der Waals surface area (Å²) in [5, 5.41) is 20.0. The minimum atomic E-state index is -0.226. The second-order valence-electron chi connectivity index (χ2n) is 5.58. The molecule has 0 fully saturated rings. The van der Waals surface area contributed by atoms with Crippen LogP contribution in [0.15, 0.2) is 48.7 Å². The van der Waals surface area contributed by atoms with Crippen LogP contribution in [-0.4, -0.2) is 20.5 Å². The Morgan fingerprint density at radius 2 is 2.04 bits per heavy atom. The Morgan fingerprint density at radius 1 is 1.25 bits per heavy atom. The third kappa shape index (κ3) is 3.41. The molecule has 1 N–H and O–H groups in total. The van der Waals surface area contributed by atoms with Crippen molar-refractivity contribution in [2.75, 3.05) is 0 Å². The number of fused-ring (bicyclic) bond motifs is 1. The largest absolute Gasteiger partial charge is 0.346 e. The van der Waals surface area contributed by atoms with Gasteiger partial charge in [0.25, 0.3) is 0 Å².